The molecule has 0 bridgehead atoms. The zero-order valence-corrected chi connectivity index (χ0v) is 25.2. The van der Waals surface area contributed by atoms with Crippen LogP contribution in [0.1, 0.15) is 66.4 Å². The van der Waals surface area contributed by atoms with Crippen molar-refractivity contribution in [1.29, 1.82) is 0 Å². The molecular formula is C39H24O8. The quantitative estimate of drug-likeness (QED) is 0.135. The van der Waals surface area contributed by atoms with Crippen LogP contribution < -0.4 is 9.47 Å². The lowest BCUT2D eigenvalue weighted by atomic mass is 9.78. The predicted octanol–water partition coefficient (Wildman–Crippen LogP) is 8.52. The van der Waals surface area contributed by atoms with Gasteiger partial charge < -0.3 is 18.9 Å². The van der Waals surface area contributed by atoms with E-state index in [0.717, 1.165) is 32.7 Å². The molecule has 0 atom stereocenters. The molecule has 0 aliphatic carbocycles. The average molecular weight is 621 g/mol. The van der Waals surface area contributed by atoms with Crippen molar-refractivity contribution in [2.45, 2.75) is 19.3 Å². The summed E-state index contributed by atoms with van der Waals surface area (Å²) in [6.45, 7) is 4.29. The Labute approximate surface area is 268 Å². The van der Waals surface area contributed by atoms with Crippen molar-refractivity contribution < 1.29 is 38.1 Å². The molecule has 0 radical (unpaired) electrons. The summed E-state index contributed by atoms with van der Waals surface area (Å²) in [6.07, 6.45) is 0. The number of carbonyl (C=O) groups excluding carboxylic acids is 4. The van der Waals surface area contributed by atoms with Gasteiger partial charge in [-0.3, -0.25) is 0 Å². The molecule has 2 aliphatic rings. The van der Waals surface area contributed by atoms with Crippen molar-refractivity contribution in [3.8, 4) is 23.0 Å². The smallest absolute Gasteiger partial charge is 0.346 e. The SMILES string of the molecule is CC(C)(c1ccc(Oc2ccc3cc4c(cc3c2)C(=O)OC4=O)cc1)c1ccc(Oc2ccc3cc4c(cc3c2)C(=O)OC4=O)cc1. The Morgan fingerprint density at radius 3 is 1.09 bits per heavy atom. The number of fused-ring (bicyclic) bond motifs is 4. The minimum absolute atomic E-state index is 0.261. The Kier molecular flexibility index (Phi) is 6.23. The van der Waals surface area contributed by atoms with Crippen LogP contribution in [0, 0.1) is 0 Å². The normalized spacial score (nSPS) is 13.8. The summed E-state index contributed by atoms with van der Waals surface area (Å²) >= 11 is 0. The zero-order chi connectivity index (χ0) is 32.4. The number of esters is 4. The third-order valence-corrected chi connectivity index (χ3v) is 8.77. The largest absolute Gasteiger partial charge is 0.457 e. The van der Waals surface area contributed by atoms with E-state index in [1.807, 2.05) is 84.9 Å². The molecule has 47 heavy (non-hydrogen) atoms. The van der Waals surface area contributed by atoms with Crippen LogP contribution in [0.2, 0.25) is 0 Å². The first-order valence-corrected chi connectivity index (χ1v) is 14.9. The van der Waals surface area contributed by atoms with Crippen molar-refractivity contribution in [2.24, 2.45) is 0 Å². The van der Waals surface area contributed by atoms with Gasteiger partial charge in [0.15, 0.2) is 0 Å². The fourth-order valence-corrected chi connectivity index (χ4v) is 6.06. The molecule has 2 heterocycles. The monoisotopic (exact) mass is 620 g/mol. The Balaban J connectivity index is 0.969. The second-order valence-electron chi connectivity index (χ2n) is 12.0. The fourth-order valence-electron chi connectivity index (χ4n) is 6.06. The zero-order valence-electron chi connectivity index (χ0n) is 25.2. The molecule has 8 rings (SSSR count). The standard InChI is InChI=1S/C39H24O8/c1-39(2,25-5-11-27(12-6-25)44-29-9-3-21-17-31-33(19-23(21)15-29)37(42)46-35(31)40)26-7-13-28(14-8-26)45-30-10-4-22-18-32-34(20-24(22)16-30)38(43)47-36(32)41/h3-20H,1-2H3. The van der Waals surface area contributed by atoms with Gasteiger partial charge in [-0.05, 0) is 105 Å². The van der Waals surface area contributed by atoms with E-state index in [0.29, 0.717) is 23.0 Å². The van der Waals surface area contributed by atoms with Gasteiger partial charge in [0.05, 0.1) is 22.3 Å². The molecule has 6 aromatic carbocycles. The van der Waals surface area contributed by atoms with Gasteiger partial charge in [0.2, 0.25) is 0 Å². The highest BCUT2D eigenvalue weighted by molar-refractivity contribution is 6.18. The van der Waals surface area contributed by atoms with Crippen LogP contribution in [0.5, 0.6) is 23.0 Å². The Morgan fingerprint density at radius 2 is 0.723 bits per heavy atom. The highest BCUT2D eigenvalue weighted by atomic mass is 16.6. The maximum absolute atomic E-state index is 12.0. The number of carbonyl (C=O) groups is 4. The lowest BCUT2D eigenvalue weighted by Gasteiger charge is -2.26. The molecule has 0 aromatic heterocycles. The van der Waals surface area contributed by atoms with Gasteiger partial charge in [-0.15, -0.1) is 0 Å². The van der Waals surface area contributed by atoms with E-state index in [1.165, 1.54) is 0 Å². The molecular weight excluding hydrogens is 596 g/mol. The Morgan fingerprint density at radius 1 is 0.404 bits per heavy atom. The average Bonchev–Trinajstić information content (AvgIpc) is 3.50. The predicted molar refractivity (Wildman–Crippen MR) is 173 cm³/mol. The van der Waals surface area contributed by atoms with Crippen LogP contribution in [0.25, 0.3) is 21.5 Å². The molecule has 8 heteroatoms. The highest BCUT2D eigenvalue weighted by Gasteiger charge is 2.31. The van der Waals surface area contributed by atoms with Gasteiger partial charge in [-0.1, -0.05) is 50.2 Å². The second-order valence-corrected chi connectivity index (χ2v) is 12.0. The molecule has 0 fully saturated rings. The van der Waals surface area contributed by atoms with E-state index in [2.05, 4.69) is 13.8 Å². The lowest BCUT2D eigenvalue weighted by Crippen LogP contribution is -2.18. The number of hydrogen-bond acceptors (Lipinski definition) is 8. The highest BCUT2D eigenvalue weighted by Crippen LogP contribution is 2.36. The van der Waals surface area contributed by atoms with E-state index >= 15 is 0 Å². The van der Waals surface area contributed by atoms with Crippen LogP contribution in [0.15, 0.2) is 109 Å². The van der Waals surface area contributed by atoms with Gasteiger partial charge >= 0.3 is 23.9 Å². The number of rotatable bonds is 6. The van der Waals surface area contributed by atoms with Crippen LogP contribution >= 0.6 is 0 Å². The number of cyclic esters (lactones) is 4. The topological polar surface area (TPSA) is 105 Å². The summed E-state index contributed by atoms with van der Waals surface area (Å²) in [5.41, 5.74) is 2.94. The molecule has 0 N–H and O–H groups in total. The summed E-state index contributed by atoms with van der Waals surface area (Å²) in [5, 5.41) is 3.16. The maximum atomic E-state index is 12.0. The molecule has 228 valence electrons. The molecule has 6 aromatic rings. The molecule has 0 unspecified atom stereocenters. The van der Waals surface area contributed by atoms with Crippen LogP contribution in [0.3, 0.4) is 0 Å². The first-order valence-electron chi connectivity index (χ1n) is 14.9. The van der Waals surface area contributed by atoms with Gasteiger partial charge in [0.25, 0.3) is 0 Å². The third kappa shape index (κ3) is 4.87. The first-order chi connectivity index (χ1) is 22.6. The molecule has 8 nitrogen and oxygen atoms in total. The third-order valence-electron chi connectivity index (χ3n) is 8.77. The van der Waals surface area contributed by atoms with Crippen molar-refractivity contribution >= 4 is 45.4 Å². The van der Waals surface area contributed by atoms with Crippen molar-refractivity contribution in [2.75, 3.05) is 0 Å². The van der Waals surface area contributed by atoms with E-state index in [9.17, 15) is 19.2 Å². The molecule has 0 saturated carbocycles. The second kappa shape index (κ2) is 10.4. The Hall–Kier alpha value is -6.28. The van der Waals surface area contributed by atoms with Gasteiger partial charge in [0, 0.05) is 5.41 Å². The number of ether oxygens (including phenoxy) is 4. The van der Waals surface area contributed by atoms with Gasteiger partial charge in [-0.25, -0.2) is 19.2 Å². The van der Waals surface area contributed by atoms with Crippen molar-refractivity contribution in [1.82, 2.24) is 0 Å². The molecule has 0 spiro atoms. The summed E-state index contributed by atoms with van der Waals surface area (Å²) < 4.78 is 21.7. The summed E-state index contributed by atoms with van der Waals surface area (Å²) in [7, 11) is 0. The van der Waals surface area contributed by atoms with Crippen LogP contribution in [-0.2, 0) is 14.9 Å². The fraction of sp³-hybridized carbons (Fsp3) is 0.0769. The maximum Gasteiger partial charge on any atom is 0.346 e. The van der Waals surface area contributed by atoms with E-state index in [1.54, 1.807) is 24.3 Å². The van der Waals surface area contributed by atoms with Crippen molar-refractivity contribution in [3.05, 3.63) is 143 Å². The first kappa shape index (κ1) is 28.2. The minimum atomic E-state index is -0.637. The van der Waals surface area contributed by atoms with Crippen LogP contribution in [0.4, 0.5) is 0 Å². The Bertz CT molecular complexity index is 2170. The lowest BCUT2D eigenvalue weighted by molar-refractivity contribution is 0.0425. The van der Waals surface area contributed by atoms with Crippen molar-refractivity contribution in [3.63, 3.8) is 0 Å². The molecule has 2 aliphatic heterocycles. The summed E-state index contributed by atoms with van der Waals surface area (Å²) in [4.78, 5) is 47.7. The number of hydrogen-bond donors (Lipinski definition) is 0. The summed E-state index contributed by atoms with van der Waals surface area (Å²) in [5.74, 6) is 0.00207. The van der Waals surface area contributed by atoms with E-state index < -0.39 is 23.9 Å². The van der Waals surface area contributed by atoms with Gasteiger partial charge in [0.1, 0.15) is 23.0 Å². The molecule has 0 saturated heterocycles. The van der Waals surface area contributed by atoms with Gasteiger partial charge in [-0.2, -0.15) is 0 Å². The van der Waals surface area contributed by atoms with Crippen LogP contribution in [-0.4, -0.2) is 23.9 Å². The minimum Gasteiger partial charge on any atom is -0.457 e. The summed E-state index contributed by atoms with van der Waals surface area (Å²) in [6, 6.07) is 33.4. The van der Waals surface area contributed by atoms with E-state index in [-0.39, 0.29) is 27.7 Å². The van der Waals surface area contributed by atoms with E-state index in [4.69, 9.17) is 18.9 Å². The molecule has 0 amide bonds. The number of benzene rings is 6.